The second kappa shape index (κ2) is 9.23. The van der Waals surface area contributed by atoms with E-state index in [9.17, 15) is 14.7 Å². The molecule has 1 aliphatic carbocycles. The van der Waals surface area contributed by atoms with Crippen LogP contribution in [0.2, 0.25) is 0 Å². The summed E-state index contributed by atoms with van der Waals surface area (Å²) in [6, 6.07) is 5.75. The molecule has 0 spiro atoms. The lowest BCUT2D eigenvalue weighted by Gasteiger charge is -2.03. The molecule has 34 heavy (non-hydrogen) atoms. The highest BCUT2D eigenvalue weighted by molar-refractivity contribution is 7.17. The van der Waals surface area contributed by atoms with Gasteiger partial charge in [0.25, 0.3) is 5.91 Å². The number of H-pyrrole nitrogens is 2. The number of ether oxygens (including phenoxy) is 1. The van der Waals surface area contributed by atoms with E-state index in [4.69, 9.17) is 14.7 Å². The Bertz CT molecular complexity index is 1530. The molecule has 5 rings (SSSR count). The number of aromatic amines is 2. The van der Waals surface area contributed by atoms with Crippen molar-refractivity contribution in [1.82, 2.24) is 29.9 Å². The molecular formula is C22H23N7O4S. The van der Waals surface area contributed by atoms with Gasteiger partial charge in [0.1, 0.15) is 5.69 Å². The first-order valence-electron chi connectivity index (χ1n) is 10.9. The number of rotatable bonds is 8. The highest BCUT2D eigenvalue weighted by Crippen LogP contribution is 2.27. The summed E-state index contributed by atoms with van der Waals surface area (Å²) in [4.78, 5) is 39.7. The number of imidazole rings is 1. The molecule has 0 bridgehead atoms. The molecule has 0 radical (unpaired) electrons. The van der Waals surface area contributed by atoms with Crippen LogP contribution in [-0.4, -0.2) is 61.4 Å². The van der Waals surface area contributed by atoms with Crippen molar-refractivity contribution in [1.29, 1.82) is 0 Å². The van der Waals surface area contributed by atoms with Crippen LogP contribution in [0.25, 0.3) is 22.3 Å². The number of carbonyl (C=O) groups is 1. The zero-order chi connectivity index (χ0) is 23.7. The van der Waals surface area contributed by atoms with Crippen molar-refractivity contribution in [2.75, 3.05) is 19.8 Å². The van der Waals surface area contributed by atoms with Crippen LogP contribution in [0.1, 0.15) is 35.1 Å². The van der Waals surface area contributed by atoms with Gasteiger partial charge < -0.3 is 20.1 Å². The van der Waals surface area contributed by atoms with Gasteiger partial charge in [-0.15, -0.1) is 11.3 Å². The summed E-state index contributed by atoms with van der Waals surface area (Å²) in [6.07, 6.45) is 5.26. The minimum atomic E-state index is -0.510. The number of carbonyl (C=O) groups excluding carboxylic acids is 1. The van der Waals surface area contributed by atoms with Crippen molar-refractivity contribution in [3.63, 3.8) is 0 Å². The number of thiophene rings is 1. The van der Waals surface area contributed by atoms with Gasteiger partial charge >= 0.3 is 5.69 Å². The van der Waals surface area contributed by atoms with Crippen molar-refractivity contribution >= 4 is 29.0 Å². The zero-order valence-electron chi connectivity index (χ0n) is 18.4. The van der Waals surface area contributed by atoms with Crippen LogP contribution in [0.15, 0.2) is 34.2 Å². The normalized spacial score (nSPS) is 14.9. The van der Waals surface area contributed by atoms with E-state index >= 15 is 0 Å². The molecule has 4 N–H and O–H groups in total. The Morgan fingerprint density at radius 3 is 3.00 bits per heavy atom. The Kier molecular flexibility index (Phi) is 5.99. The van der Waals surface area contributed by atoms with Crippen LogP contribution in [0, 0.1) is 0 Å². The first kappa shape index (κ1) is 22.0. The maximum Gasteiger partial charge on any atom is 0.326 e. The van der Waals surface area contributed by atoms with Crippen LogP contribution < -0.4 is 21.7 Å². The second-order valence-electron chi connectivity index (χ2n) is 7.80. The van der Waals surface area contributed by atoms with Crippen LogP contribution in [0.5, 0.6) is 5.88 Å². The SMILES string of the molecule is CCOCCNC(=O)c1ccc(-c2cc(=NC3CC3)n3nc/c(=C\c4[nH]c(=O)[nH]c4O)c3n2)s1. The third-order valence-corrected chi connectivity index (χ3v) is 6.30. The molecule has 1 fully saturated rings. The third kappa shape index (κ3) is 4.63. The molecule has 12 heteroatoms. The topological polar surface area (TPSA) is 150 Å². The van der Waals surface area contributed by atoms with Gasteiger partial charge in [-0.25, -0.2) is 9.78 Å². The van der Waals surface area contributed by atoms with E-state index in [1.165, 1.54) is 11.3 Å². The van der Waals surface area contributed by atoms with E-state index in [1.54, 1.807) is 22.9 Å². The van der Waals surface area contributed by atoms with E-state index < -0.39 is 5.69 Å². The molecule has 0 saturated heterocycles. The molecule has 4 heterocycles. The Morgan fingerprint density at radius 2 is 2.26 bits per heavy atom. The summed E-state index contributed by atoms with van der Waals surface area (Å²) < 4.78 is 6.90. The minimum Gasteiger partial charge on any atom is -0.493 e. The number of aromatic hydroxyl groups is 1. The number of nitrogens with one attached hydrogen (secondary N) is 3. The monoisotopic (exact) mass is 481 g/mol. The van der Waals surface area contributed by atoms with Gasteiger partial charge in [0, 0.05) is 24.4 Å². The molecule has 4 aromatic heterocycles. The second-order valence-corrected chi connectivity index (χ2v) is 8.88. The van der Waals surface area contributed by atoms with Crippen molar-refractivity contribution < 1.29 is 14.6 Å². The smallest absolute Gasteiger partial charge is 0.326 e. The summed E-state index contributed by atoms with van der Waals surface area (Å²) in [5, 5.41) is 17.8. The van der Waals surface area contributed by atoms with Crippen molar-refractivity contribution in [3.05, 3.63) is 56.2 Å². The molecule has 11 nitrogen and oxygen atoms in total. The summed E-state index contributed by atoms with van der Waals surface area (Å²) in [7, 11) is 0. The summed E-state index contributed by atoms with van der Waals surface area (Å²) in [5.74, 6) is -0.424. The molecule has 4 aromatic rings. The summed E-state index contributed by atoms with van der Waals surface area (Å²) >= 11 is 1.34. The first-order chi connectivity index (χ1) is 16.5. The fourth-order valence-corrected chi connectivity index (χ4v) is 4.27. The predicted molar refractivity (Wildman–Crippen MR) is 126 cm³/mol. The van der Waals surface area contributed by atoms with Gasteiger partial charge in [0.05, 0.1) is 34.3 Å². The van der Waals surface area contributed by atoms with E-state index in [-0.39, 0.29) is 23.5 Å². The number of aromatic nitrogens is 5. The average molecular weight is 482 g/mol. The standard InChI is InChI=1S/C22H23N7O4S/c1-2-33-8-7-23-21(31)17-6-5-16(34-17)14-10-18(25-13-3-4-13)29-19(26-14)12(11-24-29)9-15-20(30)28-22(32)27-15/h5-6,9-11,13,30H,2-4,7-8H2,1H3,(H,23,31)(H2,27,28,32)/b12-9+,25-18?. The van der Waals surface area contributed by atoms with E-state index in [1.807, 2.05) is 19.1 Å². The molecule has 0 unspecified atom stereocenters. The third-order valence-electron chi connectivity index (χ3n) is 5.20. The van der Waals surface area contributed by atoms with Gasteiger partial charge in [-0.1, -0.05) is 0 Å². The van der Waals surface area contributed by atoms with E-state index in [0.29, 0.717) is 46.7 Å². The lowest BCUT2D eigenvalue weighted by Crippen LogP contribution is -2.26. The molecule has 1 saturated carbocycles. The average Bonchev–Trinajstić information content (AvgIpc) is 3.19. The number of nitrogens with zero attached hydrogens (tertiary/aromatic N) is 4. The van der Waals surface area contributed by atoms with Crippen molar-refractivity contribution in [2.24, 2.45) is 4.99 Å². The van der Waals surface area contributed by atoms with Crippen molar-refractivity contribution in [3.8, 4) is 16.5 Å². The number of hydrogen-bond acceptors (Lipinski definition) is 8. The number of fused-ring (bicyclic) bond motifs is 1. The van der Waals surface area contributed by atoms with E-state index in [0.717, 1.165) is 17.7 Å². The molecule has 0 aromatic carbocycles. The Hall–Kier alpha value is -3.77. The summed E-state index contributed by atoms with van der Waals surface area (Å²) in [5.41, 5.74) is 1.56. The first-order valence-corrected chi connectivity index (χ1v) is 11.7. The molecule has 0 aliphatic heterocycles. The quantitative estimate of drug-likeness (QED) is 0.270. The van der Waals surface area contributed by atoms with Gasteiger partial charge in [-0.2, -0.15) is 9.61 Å². The molecule has 176 valence electrons. The Balaban J connectivity index is 1.55. The maximum atomic E-state index is 12.5. The minimum absolute atomic E-state index is 0.162. The summed E-state index contributed by atoms with van der Waals surface area (Å²) in [6.45, 7) is 3.42. The fraction of sp³-hybridized carbons (Fsp3) is 0.318. The van der Waals surface area contributed by atoms with Gasteiger partial charge in [0.15, 0.2) is 11.1 Å². The van der Waals surface area contributed by atoms with Crippen LogP contribution in [0.3, 0.4) is 0 Å². The molecule has 1 amide bonds. The largest absolute Gasteiger partial charge is 0.493 e. The van der Waals surface area contributed by atoms with Crippen molar-refractivity contribution in [2.45, 2.75) is 25.8 Å². The maximum absolute atomic E-state index is 12.5. The number of hydrogen-bond donors (Lipinski definition) is 4. The van der Waals surface area contributed by atoms with Crippen LogP contribution in [0.4, 0.5) is 0 Å². The predicted octanol–water partition coefficient (Wildman–Crippen LogP) is 0.557. The lowest BCUT2D eigenvalue weighted by atomic mass is 10.3. The number of amides is 1. The highest BCUT2D eigenvalue weighted by Gasteiger charge is 2.21. The van der Waals surface area contributed by atoms with Crippen LogP contribution >= 0.6 is 11.3 Å². The lowest BCUT2D eigenvalue weighted by molar-refractivity contribution is 0.0926. The fourth-order valence-electron chi connectivity index (χ4n) is 3.39. The zero-order valence-corrected chi connectivity index (χ0v) is 19.2. The molecule has 1 aliphatic rings. The Morgan fingerprint density at radius 1 is 1.41 bits per heavy atom. The van der Waals surface area contributed by atoms with Gasteiger partial charge in [-0.3, -0.25) is 14.8 Å². The molecular weight excluding hydrogens is 458 g/mol. The van der Waals surface area contributed by atoms with E-state index in [2.05, 4.69) is 20.4 Å². The molecule has 0 atom stereocenters. The highest BCUT2D eigenvalue weighted by atomic mass is 32.1. The Labute approximate surface area is 196 Å². The van der Waals surface area contributed by atoms with Gasteiger partial charge in [0.2, 0.25) is 5.88 Å². The van der Waals surface area contributed by atoms with Gasteiger partial charge in [-0.05, 0) is 38.0 Å². The van der Waals surface area contributed by atoms with Crippen LogP contribution in [-0.2, 0) is 4.74 Å².